The second-order valence-corrected chi connectivity index (χ2v) is 37.2. The van der Waals surface area contributed by atoms with Crippen molar-refractivity contribution in [1.82, 2.24) is 10.6 Å². The van der Waals surface area contributed by atoms with E-state index in [2.05, 4.69) is 17.6 Å². The molecule has 0 fully saturated rings. The average Bonchev–Trinajstić information content (AvgIpc) is 1.55. The third-order valence-corrected chi connectivity index (χ3v) is 24.1. The van der Waals surface area contributed by atoms with E-state index in [0.29, 0.717) is 74.4 Å². The summed E-state index contributed by atoms with van der Waals surface area (Å²) in [4.78, 5) is 112. The van der Waals surface area contributed by atoms with Crippen LogP contribution in [0.25, 0.3) is 0 Å². The van der Waals surface area contributed by atoms with E-state index in [1.807, 2.05) is 13.8 Å². The van der Waals surface area contributed by atoms with Gasteiger partial charge >= 0.3 is 12.2 Å². The quantitative estimate of drug-likeness (QED) is 0.0354. The van der Waals surface area contributed by atoms with Gasteiger partial charge in [-0.05, 0) is 150 Å². The van der Waals surface area contributed by atoms with Crippen molar-refractivity contribution in [3.63, 3.8) is 0 Å². The van der Waals surface area contributed by atoms with Crippen LogP contribution >= 0.6 is 47.2 Å². The number of hydrogen-bond acceptors (Lipinski definition) is 19. The first-order valence-electron chi connectivity index (χ1n) is 36.6. The summed E-state index contributed by atoms with van der Waals surface area (Å²) in [5.74, 6) is -5.53. The van der Waals surface area contributed by atoms with Crippen molar-refractivity contribution in [2.45, 2.75) is 203 Å². The molecule has 0 radical (unpaired) electrons. The van der Waals surface area contributed by atoms with Gasteiger partial charge < -0.3 is 50.3 Å². The van der Waals surface area contributed by atoms with Gasteiger partial charge in [-0.15, -0.1) is 12.4 Å². The molecule has 32 heteroatoms. The average molecular weight is 1690 g/mol. The number of carbonyl (C=O) groups is 8. The number of ketones is 3. The first-order chi connectivity index (χ1) is 51.9. The fraction of sp³-hybridized carbons (Fsp3) is 0.450. The smallest absolute Gasteiger partial charge is 0.408 e. The minimum absolute atomic E-state index is 0. The molecule has 9 rings (SSSR count). The van der Waals surface area contributed by atoms with Crippen molar-refractivity contribution in [3.05, 3.63) is 163 Å². The van der Waals surface area contributed by atoms with E-state index >= 15 is 4.39 Å². The zero-order chi connectivity index (χ0) is 82.4. The lowest BCUT2D eigenvalue weighted by molar-refractivity contribution is -0.121. The Bertz CT molecular complexity index is 4790. The number of benzene rings is 6. The molecular weight excluding hydrogens is 1590 g/mol. The maximum Gasteiger partial charge on any atom is 0.408 e. The van der Waals surface area contributed by atoms with Crippen molar-refractivity contribution in [3.8, 4) is 0 Å². The monoisotopic (exact) mass is 1680 g/mol. The molecule has 4 N–H and O–H groups in total. The van der Waals surface area contributed by atoms with E-state index < -0.39 is 123 Å². The molecule has 0 bridgehead atoms. The van der Waals surface area contributed by atoms with Crippen LogP contribution in [0.5, 0.6) is 0 Å². The Labute approximate surface area is 678 Å². The van der Waals surface area contributed by atoms with Crippen LogP contribution in [0.1, 0.15) is 187 Å². The number of sulfone groups is 3. The second kappa shape index (κ2) is 39.7. The van der Waals surface area contributed by atoms with E-state index in [1.54, 1.807) is 158 Å². The number of nitrogens with two attached hydrogens (primary N) is 1. The summed E-state index contributed by atoms with van der Waals surface area (Å²) in [6, 6.07) is 24.1. The Hall–Kier alpha value is -8.22. The van der Waals surface area contributed by atoms with E-state index in [9.17, 15) is 63.6 Å². The number of nitrogens with zero attached hydrogens (tertiary/aromatic N) is 5. The molecule has 6 aromatic rings. The van der Waals surface area contributed by atoms with Crippen molar-refractivity contribution in [2.75, 3.05) is 69.9 Å². The lowest BCUT2D eigenvalue weighted by Crippen LogP contribution is -2.51. The molecule has 0 saturated carbocycles. The molecule has 112 heavy (non-hydrogen) atoms. The van der Waals surface area contributed by atoms with Gasteiger partial charge in [0.05, 0.1) is 80.2 Å². The van der Waals surface area contributed by atoms with Gasteiger partial charge in [0, 0.05) is 85.0 Å². The standard InChI is InChI=1S/C29H38ClN3O6S.C27H32ClFN2O6S.C24H30ClN3O4S.ClH/c1-7-8-9-10-25(34)21-15-24-26(16-23(21)32(5)6)40(37,38)18-22(31-28(36)39-29(2,3)4)27(35)33(24)17-19-11-13-20(30)14-12-19;1-5-6-7-8-23(32)19-13-22-24(14-20(19)29)38(35,36)16-21(30-26(34)37-27(2,3)4)25(33)31(22)15-17-9-11-18(28)12-10-17;1-4-5-6-7-22(29)18-12-21-23(13-20(18)27(2)3)33(31,32)15-19(26)24(30)28(21)14-16-8-10-17(25)11-9-16;/h11-16,22H,7-10,17-18H2,1-6H3,(H,31,36);9-14,21H,5-8,15-16H2,1-4H3,(H,30,34);8-13,19H,4-7,14-15,26H2,1-3H3;1H/t22-;21-;19-;/m000./s1. The number of amides is 5. The molecule has 3 aliphatic rings. The molecule has 3 heterocycles. The SMILES string of the molecule is CCCCCC(=O)c1cc2c(cc1F)S(=O)(=O)C[C@H](NC(=O)OC(C)(C)C)C(=O)N2Cc1ccc(Cl)cc1.CCCCCC(=O)c1cc2c(cc1N(C)C)S(=O)(=O)C[C@H](N)C(=O)N2Cc1ccc(Cl)cc1.CCCCCC(=O)c1cc2c(cc1N(C)C)S(=O)(=O)C[C@H](NC(=O)OC(C)(C)C)C(=O)N2Cc1ccc(Cl)cc1.Cl. The van der Waals surface area contributed by atoms with Crippen LogP contribution in [0.4, 0.5) is 42.4 Å². The molecule has 0 unspecified atom stereocenters. The number of Topliss-reactive ketones (excluding diaryl/α,β-unsaturated/α-hetero) is 3. The molecule has 5 amide bonds. The van der Waals surface area contributed by atoms with Gasteiger partial charge in [-0.1, -0.05) is 130 Å². The topological polar surface area (TPSA) is 324 Å². The van der Waals surface area contributed by atoms with E-state index in [1.165, 1.54) is 28.0 Å². The Morgan fingerprint density at radius 1 is 0.464 bits per heavy atom. The zero-order valence-electron chi connectivity index (χ0n) is 65.3. The molecule has 0 spiro atoms. The number of nitrogens with one attached hydrogen (secondary N) is 2. The largest absolute Gasteiger partial charge is 0.444 e. The van der Waals surface area contributed by atoms with E-state index in [4.69, 9.17) is 50.0 Å². The van der Waals surface area contributed by atoms with Gasteiger partial charge in [-0.3, -0.25) is 28.8 Å². The van der Waals surface area contributed by atoms with Gasteiger partial charge in [-0.25, -0.2) is 39.2 Å². The van der Waals surface area contributed by atoms with Gasteiger partial charge in [0.15, 0.2) is 46.9 Å². The van der Waals surface area contributed by atoms with Crippen molar-refractivity contribution >= 4 is 152 Å². The van der Waals surface area contributed by atoms with Crippen LogP contribution in [0, 0.1) is 5.82 Å². The van der Waals surface area contributed by atoms with Crippen LogP contribution in [0.3, 0.4) is 0 Å². The maximum atomic E-state index is 15.1. The fourth-order valence-corrected chi connectivity index (χ4v) is 17.6. The normalized spacial score (nSPS) is 16.8. The van der Waals surface area contributed by atoms with Gasteiger partial charge in [0.2, 0.25) is 5.91 Å². The van der Waals surface area contributed by atoms with Gasteiger partial charge in [-0.2, -0.15) is 0 Å². The molecule has 610 valence electrons. The fourth-order valence-electron chi connectivity index (χ4n) is 12.5. The molecule has 0 aromatic heterocycles. The summed E-state index contributed by atoms with van der Waals surface area (Å²) in [6.07, 6.45) is 6.27. The van der Waals surface area contributed by atoms with E-state index in [-0.39, 0.29) is 82.4 Å². The predicted octanol–water partition coefficient (Wildman–Crippen LogP) is 15.1. The number of rotatable bonds is 25. The van der Waals surface area contributed by atoms with Crippen molar-refractivity contribution in [1.29, 1.82) is 0 Å². The van der Waals surface area contributed by atoms with Crippen LogP contribution in [-0.4, -0.2) is 147 Å². The number of fused-ring (bicyclic) bond motifs is 3. The molecule has 0 aliphatic carbocycles. The summed E-state index contributed by atoms with van der Waals surface area (Å²) >= 11 is 18.0. The third-order valence-electron chi connectivity index (χ3n) is 18.0. The van der Waals surface area contributed by atoms with Gasteiger partial charge in [0.25, 0.3) is 11.8 Å². The minimum Gasteiger partial charge on any atom is -0.444 e. The summed E-state index contributed by atoms with van der Waals surface area (Å²) in [6.45, 7) is 16.0. The predicted molar refractivity (Wildman–Crippen MR) is 439 cm³/mol. The molecule has 3 aliphatic heterocycles. The number of unbranched alkanes of at least 4 members (excludes halogenated alkanes) is 6. The highest BCUT2D eigenvalue weighted by Crippen LogP contribution is 2.41. The highest BCUT2D eigenvalue weighted by atomic mass is 35.5. The third kappa shape index (κ3) is 24.9. The number of halogens is 5. The highest BCUT2D eigenvalue weighted by Gasteiger charge is 2.44. The van der Waals surface area contributed by atoms with Crippen LogP contribution in [0.15, 0.2) is 124 Å². The number of alkyl carbamates (subject to hydrolysis) is 2. The number of hydrogen-bond donors (Lipinski definition) is 3. The van der Waals surface area contributed by atoms with Gasteiger partial charge in [0.1, 0.15) is 29.1 Å². The number of anilines is 5. The lowest BCUT2D eigenvalue weighted by atomic mass is 10.0. The molecule has 0 saturated heterocycles. The highest BCUT2D eigenvalue weighted by molar-refractivity contribution is 7.92. The molecule has 3 atom stereocenters. The Kier molecular flexibility index (Phi) is 32.8. The number of carbonyl (C=O) groups excluding carboxylic acids is 8. The summed E-state index contributed by atoms with van der Waals surface area (Å²) in [5, 5.41) is 6.34. The Balaban J connectivity index is 0.000000262. The Morgan fingerprint density at radius 2 is 0.750 bits per heavy atom. The second-order valence-electron chi connectivity index (χ2n) is 29.9. The summed E-state index contributed by atoms with van der Waals surface area (Å²) < 4.78 is 106. The number of ether oxygens (including phenoxy) is 2. The lowest BCUT2D eigenvalue weighted by Gasteiger charge is -2.28. The van der Waals surface area contributed by atoms with E-state index in [0.717, 1.165) is 67.5 Å². The maximum absolute atomic E-state index is 15.1. The molecule has 6 aromatic carbocycles. The summed E-state index contributed by atoms with van der Waals surface area (Å²) in [5.41, 5.74) is 7.87. The first-order valence-corrected chi connectivity index (χ1v) is 42.7. The summed E-state index contributed by atoms with van der Waals surface area (Å²) in [7, 11) is -5.24. The Morgan fingerprint density at radius 3 is 1.05 bits per heavy atom. The first kappa shape index (κ1) is 92.6. The van der Waals surface area contributed by atoms with Crippen LogP contribution in [-0.2, 0) is 73.0 Å². The van der Waals surface area contributed by atoms with Crippen LogP contribution < -0.4 is 40.9 Å². The van der Waals surface area contributed by atoms with Crippen LogP contribution in [0.2, 0.25) is 15.1 Å². The minimum atomic E-state index is -4.27. The van der Waals surface area contributed by atoms with Crippen molar-refractivity contribution in [2.24, 2.45) is 5.73 Å². The van der Waals surface area contributed by atoms with Crippen molar-refractivity contribution < 1.29 is 77.5 Å². The molecule has 24 nitrogen and oxygen atoms in total. The zero-order valence-corrected chi connectivity index (χ0v) is 70.9. The molecular formula is C80H101Cl4FN8O16S3.